The second-order valence-electron chi connectivity index (χ2n) is 4.03. The van der Waals surface area contributed by atoms with E-state index in [1.807, 2.05) is 12.1 Å². The number of nitrogens with zero attached hydrogens (tertiary/aromatic N) is 1. The van der Waals surface area contributed by atoms with Crippen molar-refractivity contribution in [3.63, 3.8) is 0 Å². The highest BCUT2D eigenvalue weighted by Crippen LogP contribution is 2.23. The summed E-state index contributed by atoms with van der Waals surface area (Å²) in [5, 5.41) is 0. The molecule has 0 saturated carbocycles. The van der Waals surface area contributed by atoms with Crippen LogP contribution in [0.15, 0.2) is 24.3 Å². The Kier molecular flexibility index (Phi) is 4.90. The Hall–Kier alpha value is -0.930. The maximum Gasteiger partial charge on any atom is 0.120 e. The van der Waals surface area contributed by atoms with Crippen LogP contribution in [0.25, 0.3) is 0 Å². The predicted octanol–water partition coefficient (Wildman–Crippen LogP) is 2.04. The fourth-order valence-electron chi connectivity index (χ4n) is 1.96. The number of methoxy groups -OCH3 is 1. The minimum absolute atomic E-state index is 0. The average molecular weight is 243 g/mol. The zero-order valence-corrected chi connectivity index (χ0v) is 10.4. The van der Waals surface area contributed by atoms with Crippen LogP contribution >= 0.6 is 12.4 Å². The maximum absolute atomic E-state index is 5.88. The fourth-order valence-corrected chi connectivity index (χ4v) is 1.96. The highest BCUT2D eigenvalue weighted by molar-refractivity contribution is 5.85. The first-order valence-electron chi connectivity index (χ1n) is 5.44. The van der Waals surface area contributed by atoms with Gasteiger partial charge in [-0.1, -0.05) is 6.07 Å². The summed E-state index contributed by atoms with van der Waals surface area (Å²) in [4.78, 5) is 2.37. The molecule has 2 rings (SSSR count). The van der Waals surface area contributed by atoms with Crippen molar-refractivity contribution in [3.8, 4) is 5.75 Å². The highest BCUT2D eigenvalue weighted by atomic mass is 35.5. The molecule has 0 spiro atoms. The Morgan fingerprint density at radius 2 is 2.00 bits per heavy atom. The van der Waals surface area contributed by atoms with E-state index in [2.05, 4.69) is 17.0 Å². The molecule has 0 bridgehead atoms. The van der Waals surface area contributed by atoms with Crippen molar-refractivity contribution in [1.29, 1.82) is 0 Å². The Labute approximate surface area is 103 Å². The molecule has 4 heteroatoms. The largest absolute Gasteiger partial charge is 0.497 e. The molecule has 0 aliphatic carbocycles. The fraction of sp³-hybridized carbons (Fsp3) is 0.500. The van der Waals surface area contributed by atoms with Crippen LogP contribution in [0.1, 0.15) is 12.8 Å². The second-order valence-corrected chi connectivity index (χ2v) is 4.03. The molecule has 0 unspecified atom stereocenters. The quantitative estimate of drug-likeness (QED) is 0.863. The lowest BCUT2D eigenvalue weighted by Gasteiger charge is -2.32. The molecule has 1 aromatic carbocycles. The van der Waals surface area contributed by atoms with E-state index in [9.17, 15) is 0 Å². The average Bonchev–Trinajstić information content (AvgIpc) is 2.30. The third-order valence-corrected chi connectivity index (χ3v) is 2.96. The van der Waals surface area contributed by atoms with Gasteiger partial charge in [0.15, 0.2) is 0 Å². The third kappa shape index (κ3) is 3.03. The van der Waals surface area contributed by atoms with Gasteiger partial charge >= 0.3 is 0 Å². The van der Waals surface area contributed by atoms with Gasteiger partial charge in [0.1, 0.15) is 5.75 Å². The van der Waals surface area contributed by atoms with E-state index in [0.29, 0.717) is 6.04 Å². The summed E-state index contributed by atoms with van der Waals surface area (Å²) in [5.74, 6) is 0.919. The van der Waals surface area contributed by atoms with Crippen LogP contribution in [0.5, 0.6) is 5.75 Å². The van der Waals surface area contributed by atoms with Crippen molar-refractivity contribution in [3.05, 3.63) is 24.3 Å². The van der Waals surface area contributed by atoms with Gasteiger partial charge in [-0.05, 0) is 25.0 Å². The van der Waals surface area contributed by atoms with Crippen molar-refractivity contribution in [2.45, 2.75) is 18.9 Å². The predicted molar refractivity (Wildman–Crippen MR) is 69.7 cm³/mol. The van der Waals surface area contributed by atoms with Gasteiger partial charge in [-0.3, -0.25) is 0 Å². The number of anilines is 1. The summed E-state index contributed by atoms with van der Waals surface area (Å²) >= 11 is 0. The molecule has 1 aliphatic heterocycles. The number of hydrogen-bond acceptors (Lipinski definition) is 3. The van der Waals surface area contributed by atoms with Gasteiger partial charge in [-0.15, -0.1) is 12.4 Å². The van der Waals surface area contributed by atoms with Crippen molar-refractivity contribution >= 4 is 18.1 Å². The molecule has 1 aliphatic rings. The lowest BCUT2D eigenvalue weighted by atomic mass is 10.1. The zero-order valence-electron chi connectivity index (χ0n) is 9.56. The summed E-state index contributed by atoms with van der Waals surface area (Å²) in [6.45, 7) is 2.10. The lowest BCUT2D eigenvalue weighted by molar-refractivity contribution is 0.414. The van der Waals surface area contributed by atoms with E-state index >= 15 is 0 Å². The molecule has 0 aromatic heterocycles. The monoisotopic (exact) mass is 242 g/mol. The van der Waals surface area contributed by atoms with Gasteiger partial charge in [-0.2, -0.15) is 0 Å². The topological polar surface area (TPSA) is 38.5 Å². The van der Waals surface area contributed by atoms with Gasteiger partial charge in [0.2, 0.25) is 0 Å². The van der Waals surface area contributed by atoms with Crippen molar-refractivity contribution in [1.82, 2.24) is 0 Å². The standard InChI is InChI=1S/C12H18N2O.ClH/c1-15-12-4-2-3-11(9-12)14-7-5-10(13)6-8-14;/h2-4,9-10H,5-8,13H2,1H3;1H. The van der Waals surface area contributed by atoms with Crippen LogP contribution in [0, 0.1) is 0 Å². The minimum atomic E-state index is 0. The van der Waals surface area contributed by atoms with E-state index < -0.39 is 0 Å². The molecule has 3 nitrogen and oxygen atoms in total. The molecule has 1 fully saturated rings. The molecular weight excluding hydrogens is 224 g/mol. The van der Waals surface area contributed by atoms with Crippen LogP contribution in [-0.2, 0) is 0 Å². The lowest BCUT2D eigenvalue weighted by Crippen LogP contribution is -2.39. The maximum atomic E-state index is 5.88. The van der Waals surface area contributed by atoms with E-state index in [1.165, 1.54) is 5.69 Å². The van der Waals surface area contributed by atoms with Crippen LogP contribution in [0.3, 0.4) is 0 Å². The van der Waals surface area contributed by atoms with E-state index in [0.717, 1.165) is 31.7 Å². The number of benzene rings is 1. The van der Waals surface area contributed by atoms with Crippen LogP contribution in [0.2, 0.25) is 0 Å². The normalized spacial score (nSPS) is 16.8. The molecule has 0 atom stereocenters. The zero-order chi connectivity index (χ0) is 10.7. The van der Waals surface area contributed by atoms with Crippen LogP contribution in [-0.4, -0.2) is 26.2 Å². The van der Waals surface area contributed by atoms with Crippen LogP contribution < -0.4 is 15.4 Å². The number of nitrogens with two attached hydrogens (primary N) is 1. The first kappa shape index (κ1) is 13.1. The Morgan fingerprint density at radius 3 is 2.62 bits per heavy atom. The summed E-state index contributed by atoms with van der Waals surface area (Å²) in [6, 6.07) is 8.59. The molecule has 90 valence electrons. The molecule has 0 radical (unpaired) electrons. The SMILES string of the molecule is COc1cccc(N2CCC(N)CC2)c1.Cl. The Balaban J connectivity index is 0.00000128. The highest BCUT2D eigenvalue weighted by Gasteiger charge is 2.16. The number of halogens is 1. The minimum Gasteiger partial charge on any atom is -0.497 e. The van der Waals surface area contributed by atoms with E-state index in [4.69, 9.17) is 10.5 Å². The molecule has 2 N–H and O–H groups in total. The number of ether oxygens (including phenoxy) is 1. The summed E-state index contributed by atoms with van der Waals surface area (Å²) in [7, 11) is 1.70. The van der Waals surface area contributed by atoms with Gasteiger partial charge in [0.05, 0.1) is 7.11 Å². The number of piperidine rings is 1. The first-order chi connectivity index (χ1) is 7.29. The molecular formula is C12H19ClN2O. The molecule has 1 saturated heterocycles. The summed E-state index contributed by atoms with van der Waals surface area (Å²) in [5.41, 5.74) is 7.12. The van der Waals surface area contributed by atoms with E-state index in [1.54, 1.807) is 7.11 Å². The van der Waals surface area contributed by atoms with Gasteiger partial charge < -0.3 is 15.4 Å². The molecule has 0 amide bonds. The van der Waals surface area contributed by atoms with Crippen molar-refractivity contribution in [2.75, 3.05) is 25.1 Å². The van der Waals surface area contributed by atoms with Gasteiger partial charge in [-0.25, -0.2) is 0 Å². The van der Waals surface area contributed by atoms with Crippen LogP contribution in [0.4, 0.5) is 5.69 Å². The number of rotatable bonds is 2. The molecule has 1 heterocycles. The molecule has 1 aromatic rings. The van der Waals surface area contributed by atoms with Crippen molar-refractivity contribution in [2.24, 2.45) is 5.73 Å². The smallest absolute Gasteiger partial charge is 0.120 e. The number of hydrogen-bond donors (Lipinski definition) is 1. The summed E-state index contributed by atoms with van der Waals surface area (Å²) < 4.78 is 5.22. The Morgan fingerprint density at radius 1 is 1.31 bits per heavy atom. The first-order valence-corrected chi connectivity index (χ1v) is 5.44. The molecule has 16 heavy (non-hydrogen) atoms. The van der Waals surface area contributed by atoms with E-state index in [-0.39, 0.29) is 12.4 Å². The van der Waals surface area contributed by atoms with Gasteiger partial charge in [0, 0.05) is 30.9 Å². The third-order valence-electron chi connectivity index (χ3n) is 2.96. The van der Waals surface area contributed by atoms with Crippen molar-refractivity contribution < 1.29 is 4.74 Å². The summed E-state index contributed by atoms with van der Waals surface area (Å²) in [6.07, 6.45) is 2.16. The Bertz CT molecular complexity index is 325. The second kappa shape index (κ2) is 5.97. The van der Waals surface area contributed by atoms with Gasteiger partial charge in [0.25, 0.3) is 0 Å².